The zero-order chi connectivity index (χ0) is 18.3. The summed E-state index contributed by atoms with van der Waals surface area (Å²) in [5.74, 6) is -0.898. The second-order valence-corrected chi connectivity index (χ2v) is 7.62. The number of thiazole rings is 1. The molecule has 132 valence electrons. The van der Waals surface area contributed by atoms with Crippen LogP contribution in [-0.2, 0) is 6.42 Å². The first-order chi connectivity index (χ1) is 12.6. The smallest absolute Gasteiger partial charge is 0.252 e. The van der Waals surface area contributed by atoms with Crippen molar-refractivity contribution in [2.24, 2.45) is 0 Å². The number of hydrogen-bond acceptors (Lipinski definition) is 5. The third-order valence-electron chi connectivity index (χ3n) is 4.39. The minimum atomic E-state index is -1.12. The van der Waals surface area contributed by atoms with E-state index in [1.165, 1.54) is 23.5 Å². The maximum atomic E-state index is 14.3. The number of hydroxylamine groups is 2. The Kier molecular flexibility index (Phi) is 4.54. The fourth-order valence-corrected chi connectivity index (χ4v) is 4.22. The summed E-state index contributed by atoms with van der Waals surface area (Å²) in [6.07, 6.45) is 3.14. The van der Waals surface area contributed by atoms with E-state index in [4.69, 9.17) is 11.6 Å². The summed E-state index contributed by atoms with van der Waals surface area (Å²) in [4.78, 5) is 17.8. The molecule has 3 heterocycles. The van der Waals surface area contributed by atoms with Gasteiger partial charge in [-0.1, -0.05) is 29.8 Å². The Morgan fingerprint density at radius 3 is 2.77 bits per heavy atom. The average Bonchev–Trinajstić information content (AvgIpc) is 3.05. The Morgan fingerprint density at radius 2 is 2.04 bits per heavy atom. The second-order valence-electron chi connectivity index (χ2n) is 5.93. The Morgan fingerprint density at radius 1 is 1.27 bits per heavy atom. The summed E-state index contributed by atoms with van der Waals surface area (Å²) in [6, 6.07) is 10.1. The van der Waals surface area contributed by atoms with Crippen molar-refractivity contribution in [2.45, 2.75) is 18.6 Å². The molecule has 3 aromatic rings. The Bertz CT molecular complexity index is 980. The fourth-order valence-electron chi connectivity index (χ4n) is 3.21. The molecule has 2 unspecified atom stereocenters. The van der Waals surface area contributed by atoms with Crippen LogP contribution < -0.4 is 4.57 Å². The molecule has 0 fully saturated rings. The first-order valence-corrected chi connectivity index (χ1v) is 9.12. The summed E-state index contributed by atoms with van der Waals surface area (Å²) < 4.78 is 16.4. The molecule has 4 rings (SSSR count). The summed E-state index contributed by atoms with van der Waals surface area (Å²) in [5, 5.41) is 11.8. The SMILES string of the molecule is O=C1c2cccc[n+]2C(Cc2cnc(Cl)s2)N(O)C1c1ccccc1F. The molecule has 0 spiro atoms. The quantitative estimate of drug-likeness (QED) is 0.694. The molecule has 8 heteroatoms. The molecule has 2 aromatic heterocycles. The van der Waals surface area contributed by atoms with Crippen LogP contribution in [0.5, 0.6) is 0 Å². The Labute approximate surface area is 157 Å². The van der Waals surface area contributed by atoms with Gasteiger partial charge in [0.05, 0.1) is 6.42 Å². The zero-order valence-electron chi connectivity index (χ0n) is 13.4. The lowest BCUT2D eigenvalue weighted by molar-refractivity contribution is -0.764. The standard InChI is InChI=1S/C18H14ClFN3O2S/c19-18-21-10-11(26-18)9-15-22-8-4-3-7-14(22)17(24)16(23(15)25)12-5-1-2-6-13(12)20/h1-8,10,15-16,25H,9H2/q+1. The Balaban J connectivity index is 1.81. The lowest BCUT2D eigenvalue weighted by Gasteiger charge is -2.32. The van der Waals surface area contributed by atoms with E-state index in [0.29, 0.717) is 16.6 Å². The number of benzene rings is 1. The molecule has 0 amide bonds. The van der Waals surface area contributed by atoms with Gasteiger partial charge in [-0.2, -0.15) is 4.57 Å². The van der Waals surface area contributed by atoms with Gasteiger partial charge in [0.15, 0.2) is 10.7 Å². The lowest BCUT2D eigenvalue weighted by atomic mass is 9.95. The van der Waals surface area contributed by atoms with Gasteiger partial charge in [0.2, 0.25) is 6.17 Å². The van der Waals surface area contributed by atoms with Crippen molar-refractivity contribution >= 4 is 28.7 Å². The number of hydrogen-bond donors (Lipinski definition) is 1. The van der Waals surface area contributed by atoms with Crippen LogP contribution in [0.2, 0.25) is 4.47 Å². The van der Waals surface area contributed by atoms with Crippen molar-refractivity contribution in [1.29, 1.82) is 0 Å². The van der Waals surface area contributed by atoms with Crippen LogP contribution in [0.3, 0.4) is 0 Å². The number of aromatic nitrogens is 2. The highest BCUT2D eigenvalue weighted by molar-refractivity contribution is 7.15. The van der Waals surface area contributed by atoms with Crippen LogP contribution in [0.25, 0.3) is 0 Å². The molecule has 0 saturated heterocycles. The Hall–Kier alpha value is -2.19. The average molecular weight is 391 g/mol. The van der Waals surface area contributed by atoms with Gasteiger partial charge in [-0.15, -0.1) is 16.4 Å². The highest BCUT2D eigenvalue weighted by Crippen LogP contribution is 2.34. The van der Waals surface area contributed by atoms with Crippen LogP contribution in [0, 0.1) is 5.82 Å². The third-order valence-corrected chi connectivity index (χ3v) is 5.53. The van der Waals surface area contributed by atoms with E-state index >= 15 is 0 Å². The van der Waals surface area contributed by atoms with E-state index in [1.54, 1.807) is 47.3 Å². The van der Waals surface area contributed by atoms with Gasteiger partial charge in [0.25, 0.3) is 11.5 Å². The van der Waals surface area contributed by atoms with Crippen molar-refractivity contribution < 1.29 is 19.0 Å². The molecular weight excluding hydrogens is 377 g/mol. The van der Waals surface area contributed by atoms with Crippen LogP contribution >= 0.6 is 22.9 Å². The number of Topliss-reactive ketones (excluding diaryl/α,β-unsaturated/α-hetero) is 1. The number of nitrogens with zero attached hydrogens (tertiary/aromatic N) is 3. The molecule has 1 aliphatic heterocycles. The summed E-state index contributed by atoms with van der Waals surface area (Å²) in [6.45, 7) is 0. The van der Waals surface area contributed by atoms with Gasteiger partial charge < -0.3 is 5.21 Å². The predicted octanol–water partition coefficient (Wildman–Crippen LogP) is 3.59. The molecule has 26 heavy (non-hydrogen) atoms. The number of carbonyl (C=O) groups is 1. The minimum absolute atomic E-state index is 0.141. The van der Waals surface area contributed by atoms with Gasteiger partial charge in [-0.3, -0.25) is 4.79 Å². The van der Waals surface area contributed by atoms with Crippen LogP contribution in [0.15, 0.2) is 54.9 Å². The van der Waals surface area contributed by atoms with Crippen molar-refractivity contribution in [3.05, 3.63) is 81.3 Å². The van der Waals surface area contributed by atoms with E-state index in [-0.39, 0.29) is 11.3 Å². The molecule has 1 aliphatic rings. The van der Waals surface area contributed by atoms with E-state index in [0.717, 1.165) is 9.94 Å². The number of ketones is 1. The first-order valence-electron chi connectivity index (χ1n) is 7.92. The molecule has 1 N–H and O–H groups in total. The van der Waals surface area contributed by atoms with E-state index < -0.39 is 18.0 Å². The lowest BCUT2D eigenvalue weighted by Crippen LogP contribution is -2.59. The molecular formula is C18H14ClFN3O2S+. The van der Waals surface area contributed by atoms with Gasteiger partial charge in [0, 0.05) is 28.8 Å². The van der Waals surface area contributed by atoms with Crippen LogP contribution in [0.4, 0.5) is 4.39 Å². The van der Waals surface area contributed by atoms with E-state index in [1.807, 2.05) is 0 Å². The molecule has 2 atom stereocenters. The number of carbonyl (C=O) groups excluding carboxylic acids is 1. The van der Waals surface area contributed by atoms with E-state index in [9.17, 15) is 14.4 Å². The summed E-state index contributed by atoms with van der Waals surface area (Å²) in [7, 11) is 0. The number of fused-ring (bicyclic) bond motifs is 1. The largest absolute Gasteiger partial charge is 0.307 e. The predicted molar refractivity (Wildman–Crippen MR) is 93.6 cm³/mol. The third kappa shape index (κ3) is 2.93. The highest BCUT2D eigenvalue weighted by Gasteiger charge is 2.47. The minimum Gasteiger partial charge on any atom is -0.307 e. The van der Waals surface area contributed by atoms with Crippen LogP contribution in [0.1, 0.15) is 33.1 Å². The van der Waals surface area contributed by atoms with Crippen molar-refractivity contribution in [2.75, 3.05) is 0 Å². The van der Waals surface area contributed by atoms with Gasteiger partial charge in [-0.25, -0.2) is 9.37 Å². The van der Waals surface area contributed by atoms with Gasteiger partial charge in [-0.05, 0) is 12.1 Å². The van der Waals surface area contributed by atoms with Crippen molar-refractivity contribution in [3.63, 3.8) is 0 Å². The molecule has 0 bridgehead atoms. The topological polar surface area (TPSA) is 57.3 Å². The molecule has 0 aliphatic carbocycles. The number of rotatable bonds is 3. The van der Waals surface area contributed by atoms with E-state index in [2.05, 4.69) is 4.98 Å². The molecule has 1 aromatic carbocycles. The second kappa shape index (κ2) is 6.85. The maximum absolute atomic E-state index is 14.3. The monoisotopic (exact) mass is 390 g/mol. The summed E-state index contributed by atoms with van der Waals surface area (Å²) in [5.41, 5.74) is 0.550. The highest BCUT2D eigenvalue weighted by atomic mass is 35.5. The molecule has 0 saturated carbocycles. The normalized spacial score (nSPS) is 20.2. The van der Waals surface area contributed by atoms with Crippen molar-refractivity contribution in [1.82, 2.24) is 10.0 Å². The zero-order valence-corrected chi connectivity index (χ0v) is 15.0. The number of pyridine rings is 1. The van der Waals surface area contributed by atoms with Gasteiger partial charge in [0.1, 0.15) is 11.9 Å². The summed E-state index contributed by atoms with van der Waals surface area (Å²) >= 11 is 7.21. The first kappa shape index (κ1) is 17.2. The van der Waals surface area contributed by atoms with Gasteiger partial charge >= 0.3 is 0 Å². The number of halogens is 2. The maximum Gasteiger partial charge on any atom is 0.252 e. The van der Waals surface area contributed by atoms with Crippen molar-refractivity contribution in [3.8, 4) is 0 Å². The molecule has 0 radical (unpaired) electrons. The van der Waals surface area contributed by atoms with Crippen LogP contribution in [-0.4, -0.2) is 21.0 Å². The molecule has 5 nitrogen and oxygen atoms in total. The fraction of sp³-hybridized carbons (Fsp3) is 0.167.